The highest BCUT2D eigenvalue weighted by molar-refractivity contribution is 6.10. The van der Waals surface area contributed by atoms with Crippen LogP contribution in [0.25, 0.3) is 33.1 Å². The molecule has 35 heavy (non-hydrogen) atoms. The highest BCUT2D eigenvalue weighted by atomic mass is 16.5. The average Bonchev–Trinajstić information content (AvgIpc) is 3.35. The molecule has 0 amide bonds. The summed E-state index contributed by atoms with van der Waals surface area (Å²) in [6.45, 7) is 4.04. The zero-order valence-corrected chi connectivity index (χ0v) is 19.7. The summed E-state index contributed by atoms with van der Waals surface area (Å²) in [6, 6.07) is 25.1. The van der Waals surface area contributed by atoms with Gasteiger partial charge in [-0.1, -0.05) is 74.5 Å². The molecule has 0 aliphatic rings. The molecule has 1 atom stereocenters. The highest BCUT2D eigenvalue weighted by Gasteiger charge is 2.19. The number of Topliss-reactive ketones (excluding diaryl/α,β-unsaturated/α-hetero) is 1. The molecule has 0 fully saturated rings. The first-order valence-corrected chi connectivity index (χ1v) is 11.8. The van der Waals surface area contributed by atoms with Gasteiger partial charge in [0.25, 0.3) is 0 Å². The SMILES string of the molecule is CC[C@@H](C)c1ccc(-c2cc(C(=O)OCC(=O)c3c[nH]c4ccccc34)c3ccccc3n2)cc1. The topological polar surface area (TPSA) is 72.1 Å². The van der Waals surface area contributed by atoms with Crippen LogP contribution in [0, 0.1) is 0 Å². The lowest BCUT2D eigenvalue weighted by Crippen LogP contribution is -2.14. The summed E-state index contributed by atoms with van der Waals surface area (Å²) >= 11 is 0. The number of ketones is 1. The number of carbonyl (C=O) groups excluding carboxylic acids is 2. The Kier molecular flexibility index (Phi) is 6.15. The van der Waals surface area contributed by atoms with Gasteiger partial charge in [0, 0.05) is 33.6 Å². The Hall–Kier alpha value is -4.25. The van der Waals surface area contributed by atoms with Crippen LogP contribution in [0.4, 0.5) is 0 Å². The summed E-state index contributed by atoms with van der Waals surface area (Å²) in [6.07, 6.45) is 2.73. The molecule has 3 aromatic carbocycles. The number of hydrogen-bond acceptors (Lipinski definition) is 4. The van der Waals surface area contributed by atoms with Gasteiger partial charge >= 0.3 is 5.97 Å². The molecule has 174 valence electrons. The number of pyridine rings is 1. The molecule has 0 aliphatic heterocycles. The third kappa shape index (κ3) is 4.45. The maximum absolute atomic E-state index is 13.2. The van der Waals surface area contributed by atoms with Crippen molar-refractivity contribution in [3.8, 4) is 11.3 Å². The van der Waals surface area contributed by atoms with Crippen molar-refractivity contribution in [3.05, 3.63) is 102 Å². The second-order valence-corrected chi connectivity index (χ2v) is 8.75. The van der Waals surface area contributed by atoms with Crippen LogP contribution >= 0.6 is 0 Å². The number of hydrogen-bond donors (Lipinski definition) is 1. The standard InChI is InChI=1S/C30H26N2O3/c1-3-19(2)20-12-14-21(15-13-20)28-16-24(22-8-5-7-11-27(22)32-28)30(34)35-18-29(33)25-17-31-26-10-6-4-9-23(25)26/h4-17,19,31H,3,18H2,1-2H3/t19-/m1/s1. The van der Waals surface area contributed by atoms with Crippen LogP contribution in [0.2, 0.25) is 0 Å². The first-order valence-electron chi connectivity index (χ1n) is 11.8. The zero-order chi connectivity index (χ0) is 24.4. The minimum Gasteiger partial charge on any atom is -0.454 e. The molecule has 2 aromatic heterocycles. The van der Waals surface area contributed by atoms with Crippen LogP contribution < -0.4 is 0 Å². The van der Waals surface area contributed by atoms with Crippen molar-refractivity contribution in [3.63, 3.8) is 0 Å². The van der Waals surface area contributed by atoms with Crippen molar-refractivity contribution in [2.45, 2.75) is 26.2 Å². The molecule has 5 heteroatoms. The van der Waals surface area contributed by atoms with Crippen LogP contribution in [-0.2, 0) is 4.74 Å². The smallest absolute Gasteiger partial charge is 0.339 e. The summed E-state index contributed by atoms with van der Waals surface area (Å²) in [5, 5.41) is 1.50. The van der Waals surface area contributed by atoms with E-state index in [0.717, 1.165) is 22.9 Å². The van der Waals surface area contributed by atoms with Crippen molar-refractivity contribution >= 4 is 33.6 Å². The number of nitrogens with zero attached hydrogens (tertiary/aromatic N) is 1. The number of aromatic nitrogens is 2. The van der Waals surface area contributed by atoms with Crippen molar-refractivity contribution < 1.29 is 14.3 Å². The Labute approximate surface area is 203 Å². The van der Waals surface area contributed by atoms with E-state index in [1.807, 2.05) is 60.7 Å². The summed E-state index contributed by atoms with van der Waals surface area (Å²) < 4.78 is 5.50. The van der Waals surface area contributed by atoms with Crippen molar-refractivity contribution in [1.82, 2.24) is 9.97 Å². The van der Waals surface area contributed by atoms with Gasteiger partial charge in [0.15, 0.2) is 6.61 Å². The van der Waals surface area contributed by atoms with Gasteiger partial charge in [-0.25, -0.2) is 9.78 Å². The molecule has 5 rings (SSSR count). The number of ether oxygens (including phenoxy) is 1. The third-order valence-electron chi connectivity index (χ3n) is 6.55. The number of benzene rings is 3. The number of H-pyrrole nitrogens is 1. The van der Waals surface area contributed by atoms with Gasteiger partial charge in [-0.2, -0.15) is 0 Å². The number of para-hydroxylation sites is 2. The quantitative estimate of drug-likeness (QED) is 0.210. The van der Waals surface area contributed by atoms with Crippen molar-refractivity contribution in [2.75, 3.05) is 6.61 Å². The molecule has 0 saturated carbocycles. The van der Waals surface area contributed by atoms with Crippen LogP contribution in [-0.4, -0.2) is 28.3 Å². The monoisotopic (exact) mass is 462 g/mol. The summed E-state index contributed by atoms with van der Waals surface area (Å²) in [7, 11) is 0. The van der Waals surface area contributed by atoms with E-state index in [1.54, 1.807) is 12.3 Å². The lowest BCUT2D eigenvalue weighted by molar-refractivity contribution is 0.0477. The molecule has 5 nitrogen and oxygen atoms in total. The van der Waals surface area contributed by atoms with E-state index in [2.05, 4.69) is 31.0 Å². The van der Waals surface area contributed by atoms with E-state index in [-0.39, 0.29) is 12.4 Å². The molecule has 2 heterocycles. The lowest BCUT2D eigenvalue weighted by atomic mass is 9.96. The molecular weight excluding hydrogens is 436 g/mol. The summed E-state index contributed by atoms with van der Waals surface area (Å²) in [5.74, 6) is -0.321. The van der Waals surface area contributed by atoms with E-state index < -0.39 is 5.97 Å². The molecule has 0 unspecified atom stereocenters. The fraction of sp³-hybridized carbons (Fsp3) is 0.167. The zero-order valence-electron chi connectivity index (χ0n) is 19.7. The van der Waals surface area contributed by atoms with Crippen LogP contribution in [0.3, 0.4) is 0 Å². The van der Waals surface area contributed by atoms with Gasteiger partial charge in [-0.3, -0.25) is 4.79 Å². The maximum Gasteiger partial charge on any atom is 0.339 e. The van der Waals surface area contributed by atoms with E-state index in [9.17, 15) is 9.59 Å². The molecule has 0 radical (unpaired) electrons. The second-order valence-electron chi connectivity index (χ2n) is 8.75. The predicted molar refractivity (Wildman–Crippen MR) is 139 cm³/mol. The van der Waals surface area contributed by atoms with Gasteiger partial charge in [-0.15, -0.1) is 0 Å². The minimum atomic E-state index is -0.547. The number of nitrogens with one attached hydrogen (secondary N) is 1. The van der Waals surface area contributed by atoms with Gasteiger partial charge in [0.05, 0.1) is 16.8 Å². The fourth-order valence-electron chi connectivity index (χ4n) is 4.30. The first kappa shape index (κ1) is 22.5. The fourth-order valence-corrected chi connectivity index (χ4v) is 4.30. The van der Waals surface area contributed by atoms with Crippen LogP contribution in [0.5, 0.6) is 0 Å². The Bertz CT molecular complexity index is 1530. The molecule has 0 aliphatic carbocycles. The number of aromatic amines is 1. The number of carbonyl (C=O) groups is 2. The third-order valence-corrected chi connectivity index (χ3v) is 6.55. The van der Waals surface area contributed by atoms with Gasteiger partial charge in [0.1, 0.15) is 0 Å². The molecule has 1 N–H and O–H groups in total. The average molecular weight is 463 g/mol. The minimum absolute atomic E-state index is 0.255. The second kappa shape index (κ2) is 9.55. The predicted octanol–water partition coefficient (Wildman–Crippen LogP) is 6.94. The van der Waals surface area contributed by atoms with Crippen molar-refractivity contribution in [1.29, 1.82) is 0 Å². The van der Waals surface area contributed by atoms with Gasteiger partial charge < -0.3 is 9.72 Å². The molecular formula is C30H26N2O3. The van der Waals surface area contributed by atoms with Gasteiger partial charge in [0.2, 0.25) is 5.78 Å². The van der Waals surface area contributed by atoms with E-state index in [1.165, 1.54) is 5.56 Å². The highest BCUT2D eigenvalue weighted by Crippen LogP contribution is 2.28. The molecule has 0 spiro atoms. The molecule has 5 aromatic rings. The normalized spacial score (nSPS) is 12.1. The number of rotatable bonds is 7. The molecule has 0 saturated heterocycles. The Morgan fingerprint density at radius 1 is 0.914 bits per heavy atom. The van der Waals surface area contributed by atoms with E-state index >= 15 is 0 Å². The Morgan fingerprint density at radius 3 is 2.40 bits per heavy atom. The lowest BCUT2D eigenvalue weighted by Gasteiger charge is -2.12. The van der Waals surface area contributed by atoms with Crippen LogP contribution in [0.15, 0.2) is 85.1 Å². The first-order chi connectivity index (χ1) is 17.0. The summed E-state index contributed by atoms with van der Waals surface area (Å²) in [5.41, 5.74) is 5.35. The number of fused-ring (bicyclic) bond motifs is 2. The summed E-state index contributed by atoms with van der Waals surface area (Å²) in [4.78, 5) is 33.8. The van der Waals surface area contributed by atoms with E-state index in [0.29, 0.717) is 33.6 Å². The van der Waals surface area contributed by atoms with Crippen LogP contribution in [0.1, 0.15) is 52.5 Å². The number of esters is 1. The van der Waals surface area contributed by atoms with E-state index in [4.69, 9.17) is 9.72 Å². The Balaban J connectivity index is 1.43. The molecule has 0 bridgehead atoms. The Morgan fingerprint density at radius 2 is 1.63 bits per heavy atom. The largest absolute Gasteiger partial charge is 0.454 e. The van der Waals surface area contributed by atoms with Gasteiger partial charge in [-0.05, 0) is 36.1 Å². The van der Waals surface area contributed by atoms with Crippen molar-refractivity contribution in [2.24, 2.45) is 0 Å². The maximum atomic E-state index is 13.2.